The lowest BCUT2D eigenvalue weighted by Crippen LogP contribution is -2.35. The third kappa shape index (κ3) is 3.69. The Morgan fingerprint density at radius 3 is 2.71 bits per heavy atom. The van der Waals surface area contributed by atoms with Crippen LogP contribution in [0.4, 0.5) is 10.2 Å². The number of hydrogen-bond donors (Lipinski definition) is 1. The van der Waals surface area contributed by atoms with Gasteiger partial charge in [-0.25, -0.2) is 4.39 Å². The maximum Gasteiger partial charge on any atom is 0.261 e. The number of anilines is 1. The zero-order valence-electron chi connectivity index (χ0n) is 16.8. The number of carbonyl (C=O) groups excluding carboxylic acids is 1. The maximum atomic E-state index is 13.8. The van der Waals surface area contributed by atoms with Gasteiger partial charge in [0.05, 0.1) is 12.7 Å². The Bertz CT molecular complexity index is 873. The first-order valence-electron chi connectivity index (χ1n) is 9.16. The van der Waals surface area contributed by atoms with Gasteiger partial charge in [0, 0.05) is 38.7 Å². The van der Waals surface area contributed by atoms with Crippen molar-refractivity contribution in [3.05, 3.63) is 29.6 Å². The quantitative estimate of drug-likeness (QED) is 0.844. The summed E-state index contributed by atoms with van der Waals surface area (Å²) in [5.41, 5.74) is -0.0446. The molecule has 28 heavy (non-hydrogen) atoms. The van der Waals surface area contributed by atoms with Crippen molar-refractivity contribution in [3.8, 4) is 17.1 Å². The number of likely N-dealkylation sites (tertiary alicyclic amines) is 1. The van der Waals surface area contributed by atoms with Crippen LogP contribution in [-0.2, 0) is 0 Å². The van der Waals surface area contributed by atoms with Crippen LogP contribution >= 0.6 is 0 Å². The van der Waals surface area contributed by atoms with Crippen molar-refractivity contribution in [1.29, 1.82) is 0 Å². The first-order chi connectivity index (χ1) is 13.1. The number of nitrogens with zero attached hydrogens (tertiary/aromatic N) is 3. The lowest BCUT2D eigenvalue weighted by molar-refractivity contribution is 0.0211. The van der Waals surface area contributed by atoms with Gasteiger partial charge in [-0.1, -0.05) is 5.16 Å². The van der Waals surface area contributed by atoms with E-state index in [9.17, 15) is 14.3 Å². The van der Waals surface area contributed by atoms with E-state index >= 15 is 0 Å². The van der Waals surface area contributed by atoms with Crippen LogP contribution in [0.25, 0.3) is 11.3 Å². The van der Waals surface area contributed by atoms with Gasteiger partial charge in [0.2, 0.25) is 0 Å². The predicted molar refractivity (Wildman–Crippen MR) is 103 cm³/mol. The molecule has 7 nitrogen and oxygen atoms in total. The van der Waals surface area contributed by atoms with Crippen molar-refractivity contribution in [3.63, 3.8) is 0 Å². The molecule has 0 radical (unpaired) electrons. The largest absolute Gasteiger partial charge is 0.494 e. The van der Waals surface area contributed by atoms with Gasteiger partial charge in [0.25, 0.3) is 5.91 Å². The molecule has 0 spiro atoms. The molecule has 8 heteroatoms. The highest BCUT2D eigenvalue weighted by Gasteiger charge is 2.38. The molecule has 0 saturated carbocycles. The zero-order chi connectivity index (χ0) is 20.6. The summed E-state index contributed by atoms with van der Waals surface area (Å²) >= 11 is 0. The minimum absolute atomic E-state index is 0.00604. The molecule has 2 heterocycles. The van der Waals surface area contributed by atoms with Gasteiger partial charge in [0.1, 0.15) is 5.56 Å². The second-order valence-electron chi connectivity index (χ2n) is 7.84. The van der Waals surface area contributed by atoms with Gasteiger partial charge in [-0.2, -0.15) is 0 Å². The second-order valence-corrected chi connectivity index (χ2v) is 7.84. The van der Waals surface area contributed by atoms with Crippen molar-refractivity contribution in [2.24, 2.45) is 5.92 Å². The molecular formula is C20H26FN3O4. The normalized spacial score (nSPS) is 17.1. The summed E-state index contributed by atoms with van der Waals surface area (Å²) in [7, 11) is 4.92. The van der Waals surface area contributed by atoms with E-state index in [0.717, 1.165) is 6.42 Å². The summed E-state index contributed by atoms with van der Waals surface area (Å²) in [5.74, 6) is -0.0156. The lowest BCUT2D eigenvalue weighted by atomic mass is 9.90. The summed E-state index contributed by atoms with van der Waals surface area (Å²) in [5, 5.41) is 14.3. The highest BCUT2D eigenvalue weighted by atomic mass is 19.1. The van der Waals surface area contributed by atoms with Gasteiger partial charge in [-0.3, -0.25) is 4.79 Å². The highest BCUT2D eigenvalue weighted by Crippen LogP contribution is 2.36. The number of aliphatic hydroxyl groups is 1. The molecule has 152 valence electrons. The molecule has 1 unspecified atom stereocenters. The van der Waals surface area contributed by atoms with E-state index in [0.29, 0.717) is 30.0 Å². The molecule has 1 N–H and O–H groups in total. The van der Waals surface area contributed by atoms with E-state index in [1.54, 1.807) is 37.7 Å². The Morgan fingerprint density at radius 1 is 1.43 bits per heavy atom. The maximum absolute atomic E-state index is 13.8. The van der Waals surface area contributed by atoms with Crippen LogP contribution < -0.4 is 9.64 Å². The van der Waals surface area contributed by atoms with Gasteiger partial charge in [-0.15, -0.1) is 0 Å². The number of hydrogen-bond acceptors (Lipinski definition) is 6. The number of benzene rings is 1. The number of halogens is 1. The molecule has 1 amide bonds. The van der Waals surface area contributed by atoms with Crippen molar-refractivity contribution in [1.82, 2.24) is 10.1 Å². The summed E-state index contributed by atoms with van der Waals surface area (Å²) in [4.78, 5) is 16.7. The molecule has 3 rings (SSSR count). The Balaban J connectivity index is 2.01. The molecule has 0 aliphatic carbocycles. The van der Waals surface area contributed by atoms with E-state index in [1.807, 2.05) is 0 Å². The van der Waals surface area contributed by atoms with E-state index in [-0.39, 0.29) is 23.3 Å². The van der Waals surface area contributed by atoms with Crippen LogP contribution in [0, 0.1) is 11.7 Å². The van der Waals surface area contributed by atoms with Crippen molar-refractivity contribution >= 4 is 11.7 Å². The smallest absolute Gasteiger partial charge is 0.261 e. The predicted octanol–water partition coefficient (Wildman–Crippen LogP) is 2.79. The van der Waals surface area contributed by atoms with Gasteiger partial charge in [0.15, 0.2) is 23.1 Å². The van der Waals surface area contributed by atoms with Gasteiger partial charge in [-0.05, 0) is 38.5 Å². The Morgan fingerprint density at radius 2 is 2.14 bits per heavy atom. The van der Waals surface area contributed by atoms with Crippen LogP contribution in [0.3, 0.4) is 0 Å². The number of methoxy groups -OCH3 is 1. The van der Waals surface area contributed by atoms with E-state index in [1.165, 1.54) is 25.3 Å². The molecule has 1 saturated heterocycles. The van der Waals surface area contributed by atoms with Gasteiger partial charge >= 0.3 is 0 Å². The molecule has 1 aromatic carbocycles. The van der Waals surface area contributed by atoms with E-state index in [4.69, 9.17) is 9.26 Å². The molecule has 1 fully saturated rings. The van der Waals surface area contributed by atoms with Gasteiger partial charge < -0.3 is 24.2 Å². The second kappa shape index (κ2) is 7.43. The molecule has 2 aromatic rings. The fourth-order valence-corrected chi connectivity index (χ4v) is 3.46. The van der Waals surface area contributed by atoms with Crippen LogP contribution in [-0.4, -0.2) is 61.0 Å². The SMILES string of the molecule is COc1cc(-c2onc(N(C)C)c2C(=O)N2CCC(C(C)(C)O)C2)ccc1F. The van der Waals surface area contributed by atoms with Crippen LogP contribution in [0.15, 0.2) is 22.7 Å². The van der Waals surface area contributed by atoms with Crippen LogP contribution in [0.5, 0.6) is 5.75 Å². The number of rotatable bonds is 5. The first kappa shape index (κ1) is 20.1. The van der Waals surface area contributed by atoms with Crippen molar-refractivity contribution in [2.75, 3.05) is 39.2 Å². The molecule has 1 aliphatic heterocycles. The van der Waals surface area contributed by atoms with Crippen LogP contribution in [0.1, 0.15) is 30.6 Å². The van der Waals surface area contributed by atoms with Crippen molar-refractivity contribution in [2.45, 2.75) is 25.9 Å². The number of carbonyl (C=O) groups is 1. The summed E-state index contributed by atoms with van der Waals surface area (Å²) in [6, 6.07) is 4.27. The van der Waals surface area contributed by atoms with Crippen molar-refractivity contribution < 1.29 is 23.6 Å². The molecule has 0 bridgehead atoms. The van der Waals surface area contributed by atoms with E-state index in [2.05, 4.69) is 5.16 Å². The summed E-state index contributed by atoms with van der Waals surface area (Å²) in [6.07, 6.45) is 0.720. The minimum Gasteiger partial charge on any atom is -0.494 e. The Kier molecular flexibility index (Phi) is 5.34. The highest BCUT2D eigenvalue weighted by molar-refractivity contribution is 6.04. The molecular weight excluding hydrogens is 365 g/mol. The average molecular weight is 391 g/mol. The number of amides is 1. The Hall–Kier alpha value is -2.61. The molecule has 1 atom stereocenters. The topological polar surface area (TPSA) is 79.0 Å². The standard InChI is InChI=1S/C20H26FN3O4/c1-20(2,26)13-8-9-24(11-13)19(25)16-17(28-22-18(16)23(3)4)12-6-7-14(21)15(10-12)27-5/h6-7,10,13,26H,8-9,11H2,1-5H3. The third-order valence-electron chi connectivity index (χ3n) is 5.20. The Labute approximate surface area is 163 Å². The summed E-state index contributed by atoms with van der Waals surface area (Å²) < 4.78 is 24.3. The average Bonchev–Trinajstić information content (AvgIpc) is 3.28. The first-order valence-corrected chi connectivity index (χ1v) is 9.16. The zero-order valence-corrected chi connectivity index (χ0v) is 16.8. The van der Waals surface area contributed by atoms with Crippen LogP contribution in [0.2, 0.25) is 0 Å². The minimum atomic E-state index is -0.860. The monoisotopic (exact) mass is 391 g/mol. The number of ether oxygens (including phenoxy) is 1. The molecule has 1 aliphatic rings. The summed E-state index contributed by atoms with van der Waals surface area (Å²) in [6.45, 7) is 4.50. The fraction of sp³-hybridized carbons (Fsp3) is 0.500. The lowest BCUT2D eigenvalue weighted by Gasteiger charge is -2.25. The van der Waals surface area contributed by atoms with E-state index < -0.39 is 11.4 Å². The molecule has 1 aromatic heterocycles. The number of aromatic nitrogens is 1. The third-order valence-corrected chi connectivity index (χ3v) is 5.20. The fourth-order valence-electron chi connectivity index (χ4n) is 3.46.